The van der Waals surface area contributed by atoms with E-state index in [1.807, 2.05) is 18.2 Å². The van der Waals surface area contributed by atoms with Gasteiger partial charge in [-0.15, -0.1) is 0 Å². The maximum Gasteiger partial charge on any atom is 0.417 e. The lowest BCUT2D eigenvalue weighted by molar-refractivity contribution is -0.137. The van der Waals surface area contributed by atoms with E-state index < -0.39 is 17.5 Å². The van der Waals surface area contributed by atoms with Crippen LogP contribution in [-0.4, -0.2) is 28.9 Å². The van der Waals surface area contributed by atoms with E-state index in [0.717, 1.165) is 17.2 Å². The van der Waals surface area contributed by atoms with Crippen molar-refractivity contribution >= 4 is 17.3 Å². The zero-order valence-corrected chi connectivity index (χ0v) is 15.7. The van der Waals surface area contributed by atoms with Crippen molar-refractivity contribution in [2.75, 3.05) is 18.5 Å². The molecule has 1 fully saturated rings. The zero-order chi connectivity index (χ0) is 20.5. The molecular weight excluding hydrogens is 407 g/mol. The lowest BCUT2D eigenvalue weighted by atomic mass is 10.1. The van der Waals surface area contributed by atoms with E-state index in [9.17, 15) is 13.2 Å². The largest absolute Gasteiger partial charge is 0.488 e. The highest BCUT2D eigenvalue weighted by Crippen LogP contribution is 2.38. The summed E-state index contributed by atoms with van der Waals surface area (Å²) in [6, 6.07) is 11.0. The molecule has 5 nitrogen and oxygen atoms in total. The number of nitrogens with zero attached hydrogens (tertiary/aromatic N) is 2. The molecule has 9 heteroatoms. The molecule has 0 bridgehead atoms. The van der Waals surface area contributed by atoms with Gasteiger partial charge in [-0.2, -0.15) is 13.2 Å². The van der Waals surface area contributed by atoms with Gasteiger partial charge in [0.1, 0.15) is 25.3 Å². The fourth-order valence-corrected chi connectivity index (χ4v) is 3.00. The van der Waals surface area contributed by atoms with E-state index in [-0.39, 0.29) is 17.3 Å². The van der Waals surface area contributed by atoms with Crippen LogP contribution < -0.4 is 10.1 Å². The van der Waals surface area contributed by atoms with Crippen LogP contribution in [0.15, 0.2) is 61.2 Å². The average Bonchev–Trinajstić information content (AvgIpc) is 3.48. The lowest BCUT2D eigenvalue weighted by Gasteiger charge is -2.18. The maximum absolute atomic E-state index is 13.0. The van der Waals surface area contributed by atoms with Crippen molar-refractivity contribution in [3.05, 3.63) is 71.8 Å². The second-order valence-corrected chi connectivity index (χ2v) is 6.95. The van der Waals surface area contributed by atoms with Gasteiger partial charge in [-0.1, -0.05) is 23.7 Å². The molecule has 0 amide bonds. The van der Waals surface area contributed by atoms with Crippen LogP contribution in [0.5, 0.6) is 5.75 Å². The van der Waals surface area contributed by atoms with Gasteiger partial charge in [0.2, 0.25) is 0 Å². The number of aromatic nitrogens is 2. The highest BCUT2D eigenvalue weighted by Gasteiger charge is 2.46. The monoisotopic (exact) mass is 421 g/mol. The normalized spacial score (nSPS) is 18.3. The summed E-state index contributed by atoms with van der Waals surface area (Å²) >= 11 is 5.66. The maximum atomic E-state index is 13.0. The second-order valence-electron chi connectivity index (χ2n) is 6.54. The van der Waals surface area contributed by atoms with Gasteiger partial charge in [-0.05, 0) is 35.9 Å². The first-order valence-electron chi connectivity index (χ1n) is 8.62. The van der Waals surface area contributed by atoms with E-state index in [1.54, 1.807) is 18.5 Å². The molecule has 0 spiro atoms. The number of hydrogen-bond donors (Lipinski definition) is 1. The number of ether oxygens (including phenoxy) is 2. The molecule has 1 aliphatic heterocycles. The van der Waals surface area contributed by atoms with Gasteiger partial charge in [-0.3, -0.25) is 0 Å². The van der Waals surface area contributed by atoms with Crippen LogP contribution in [-0.2, 0) is 10.9 Å². The van der Waals surface area contributed by atoms with Crippen molar-refractivity contribution in [1.29, 1.82) is 0 Å². The van der Waals surface area contributed by atoms with E-state index in [4.69, 9.17) is 21.1 Å². The quantitative estimate of drug-likeness (QED) is 0.565. The van der Waals surface area contributed by atoms with E-state index in [1.165, 1.54) is 18.5 Å². The Hall–Kier alpha value is -2.84. The lowest BCUT2D eigenvalue weighted by Crippen LogP contribution is -2.31. The number of hydrogen-bond acceptors (Lipinski definition) is 5. The summed E-state index contributed by atoms with van der Waals surface area (Å²) in [5.74, 6) is 0.593. The van der Waals surface area contributed by atoms with E-state index >= 15 is 0 Å². The second kappa shape index (κ2) is 7.53. The molecule has 29 heavy (non-hydrogen) atoms. The summed E-state index contributed by atoms with van der Waals surface area (Å²) in [7, 11) is 0. The standard InChI is InChI=1S/C20H15ClF3N3O2/c21-18-5-4-15(7-17(18)20(22,23)24)27-19(11-29-19)10-28-16-3-1-2-13(6-16)14-8-25-12-26-9-14/h1-9,12,27H,10-11H2. The van der Waals surface area contributed by atoms with Gasteiger partial charge in [-0.25, -0.2) is 9.97 Å². The summed E-state index contributed by atoms with van der Waals surface area (Å²) in [6.07, 6.45) is 0.297. The van der Waals surface area contributed by atoms with Gasteiger partial charge in [0.05, 0.1) is 10.6 Å². The number of anilines is 1. The Morgan fingerprint density at radius 3 is 2.55 bits per heavy atom. The third kappa shape index (κ3) is 4.60. The van der Waals surface area contributed by atoms with E-state index in [2.05, 4.69) is 15.3 Å². The fourth-order valence-electron chi connectivity index (χ4n) is 2.78. The first-order chi connectivity index (χ1) is 13.8. The number of epoxide rings is 1. The minimum absolute atomic E-state index is 0.117. The number of rotatable bonds is 6. The summed E-state index contributed by atoms with van der Waals surface area (Å²) in [6.45, 7) is 0.426. The predicted molar refractivity (Wildman–Crippen MR) is 102 cm³/mol. The topological polar surface area (TPSA) is 59.6 Å². The highest BCUT2D eigenvalue weighted by molar-refractivity contribution is 6.31. The molecule has 2 heterocycles. The molecule has 0 saturated carbocycles. The molecule has 0 aliphatic carbocycles. The van der Waals surface area contributed by atoms with Crippen LogP contribution in [0, 0.1) is 0 Å². The van der Waals surface area contributed by atoms with Gasteiger partial charge >= 0.3 is 6.18 Å². The third-order valence-electron chi connectivity index (χ3n) is 4.34. The molecule has 0 radical (unpaired) electrons. The van der Waals surface area contributed by atoms with Gasteiger partial charge in [0.15, 0.2) is 5.72 Å². The van der Waals surface area contributed by atoms with Crippen LogP contribution in [0.25, 0.3) is 11.1 Å². The van der Waals surface area contributed by atoms with Crippen LogP contribution in [0.1, 0.15) is 5.56 Å². The average molecular weight is 422 g/mol. The summed E-state index contributed by atoms with van der Waals surface area (Å²) in [5, 5.41) is 2.60. The number of nitrogens with one attached hydrogen (secondary N) is 1. The smallest absolute Gasteiger partial charge is 0.417 e. The van der Waals surface area contributed by atoms with Gasteiger partial charge < -0.3 is 14.8 Å². The SMILES string of the molecule is FC(F)(F)c1cc(NC2(COc3cccc(-c4cncnc4)c3)CO2)ccc1Cl. The van der Waals surface area contributed by atoms with E-state index in [0.29, 0.717) is 12.4 Å². The Morgan fingerprint density at radius 1 is 1.10 bits per heavy atom. The molecule has 150 valence electrons. The Kier molecular flexibility index (Phi) is 5.06. The summed E-state index contributed by atoms with van der Waals surface area (Å²) in [4.78, 5) is 7.98. The van der Waals surface area contributed by atoms with Gasteiger partial charge in [0, 0.05) is 23.6 Å². The summed E-state index contributed by atoms with van der Waals surface area (Å²) in [5.41, 5.74) is 0.183. The highest BCUT2D eigenvalue weighted by atomic mass is 35.5. The van der Waals surface area contributed by atoms with Crippen molar-refractivity contribution in [1.82, 2.24) is 9.97 Å². The predicted octanol–water partition coefficient (Wildman–Crippen LogP) is 5.03. The molecule has 1 saturated heterocycles. The molecule has 1 aliphatic rings. The van der Waals surface area contributed by atoms with Crippen molar-refractivity contribution in [3.63, 3.8) is 0 Å². The molecule has 2 aromatic carbocycles. The number of alkyl halides is 3. The molecule has 1 atom stereocenters. The molecule has 3 aromatic rings. The van der Waals surface area contributed by atoms with Crippen molar-refractivity contribution in [2.45, 2.75) is 11.9 Å². The third-order valence-corrected chi connectivity index (χ3v) is 4.67. The fraction of sp³-hybridized carbons (Fsp3) is 0.200. The molecular formula is C20H15ClF3N3O2. The minimum Gasteiger partial charge on any atom is -0.488 e. The number of halogens is 4. The van der Waals surface area contributed by atoms with Crippen molar-refractivity contribution in [2.24, 2.45) is 0 Å². The van der Waals surface area contributed by atoms with Crippen LogP contribution >= 0.6 is 11.6 Å². The first kappa shape index (κ1) is 19.5. The summed E-state index contributed by atoms with van der Waals surface area (Å²) < 4.78 is 50.4. The first-order valence-corrected chi connectivity index (χ1v) is 9.00. The Bertz CT molecular complexity index is 1010. The Labute approximate surface area is 169 Å². The Balaban J connectivity index is 1.45. The Morgan fingerprint density at radius 2 is 1.86 bits per heavy atom. The molecule has 1 aromatic heterocycles. The van der Waals surface area contributed by atoms with Crippen LogP contribution in [0.2, 0.25) is 5.02 Å². The van der Waals surface area contributed by atoms with Crippen molar-refractivity contribution in [3.8, 4) is 16.9 Å². The van der Waals surface area contributed by atoms with Crippen LogP contribution in [0.3, 0.4) is 0 Å². The van der Waals surface area contributed by atoms with Crippen LogP contribution in [0.4, 0.5) is 18.9 Å². The van der Waals surface area contributed by atoms with Gasteiger partial charge in [0.25, 0.3) is 0 Å². The number of benzene rings is 2. The molecule has 4 rings (SSSR count). The zero-order valence-electron chi connectivity index (χ0n) is 14.9. The van der Waals surface area contributed by atoms with Crippen molar-refractivity contribution < 1.29 is 22.6 Å². The molecule has 1 N–H and O–H groups in total. The molecule has 1 unspecified atom stereocenters. The minimum atomic E-state index is -4.54.